The predicted octanol–water partition coefficient (Wildman–Crippen LogP) is 3.73. The Bertz CT molecular complexity index is 1350. The molecule has 0 unspecified atom stereocenters. The number of carbonyl (C=O) groups is 1. The van der Waals surface area contributed by atoms with Crippen LogP contribution in [0.2, 0.25) is 0 Å². The summed E-state index contributed by atoms with van der Waals surface area (Å²) in [7, 11) is 0. The van der Waals surface area contributed by atoms with Crippen molar-refractivity contribution in [2.45, 2.75) is 39.3 Å². The molecular formula is C22H19F5N4O4. The summed E-state index contributed by atoms with van der Waals surface area (Å²) in [5, 5.41) is 6.34. The molecule has 8 nitrogen and oxygen atoms in total. The molecule has 0 radical (unpaired) electrons. The predicted molar refractivity (Wildman–Crippen MR) is 113 cm³/mol. The molecule has 1 atom stereocenters. The standard InChI is InChI=1S/C22H19F5N4O4/c1-11-14(23)4-3-5-16(11)28-20(32)13-8-15(24)17(9-18(13)35-12(2)22(25,26)27)31-21(33)30-6-7-34-10-19(30)29-31/h3-5,8-9,12H,6-7,10H2,1-2H3,(H,28,32)/t12-/m0/s1. The third-order valence-corrected chi connectivity index (χ3v) is 5.43. The van der Waals surface area contributed by atoms with Crippen molar-refractivity contribution in [2.24, 2.45) is 0 Å². The van der Waals surface area contributed by atoms with Gasteiger partial charge in [0.25, 0.3) is 5.91 Å². The van der Waals surface area contributed by atoms with Crippen LogP contribution in [0.25, 0.3) is 5.69 Å². The fourth-order valence-electron chi connectivity index (χ4n) is 3.41. The second-order valence-electron chi connectivity index (χ2n) is 7.78. The molecule has 2 aromatic carbocycles. The number of benzene rings is 2. The lowest BCUT2D eigenvalue weighted by atomic mass is 10.1. The highest BCUT2D eigenvalue weighted by Gasteiger charge is 2.39. The van der Waals surface area contributed by atoms with Crippen LogP contribution in [0.1, 0.15) is 28.7 Å². The van der Waals surface area contributed by atoms with E-state index in [9.17, 15) is 27.2 Å². The van der Waals surface area contributed by atoms with E-state index in [-0.39, 0.29) is 36.8 Å². The Morgan fingerprint density at radius 3 is 2.66 bits per heavy atom. The van der Waals surface area contributed by atoms with Crippen molar-refractivity contribution >= 4 is 11.6 Å². The average Bonchev–Trinajstić information content (AvgIpc) is 3.13. The summed E-state index contributed by atoms with van der Waals surface area (Å²) < 4.78 is 80.7. The fourth-order valence-corrected chi connectivity index (χ4v) is 3.41. The van der Waals surface area contributed by atoms with Gasteiger partial charge in [0.15, 0.2) is 11.9 Å². The van der Waals surface area contributed by atoms with E-state index in [4.69, 9.17) is 9.47 Å². The summed E-state index contributed by atoms with van der Waals surface area (Å²) in [6.07, 6.45) is -7.17. The molecule has 0 saturated heterocycles. The summed E-state index contributed by atoms with van der Waals surface area (Å²) in [6, 6.07) is 5.29. The first-order valence-electron chi connectivity index (χ1n) is 10.4. The number of rotatable bonds is 5. The highest BCUT2D eigenvalue weighted by Crippen LogP contribution is 2.31. The fraction of sp³-hybridized carbons (Fsp3) is 0.318. The molecule has 0 spiro atoms. The Balaban J connectivity index is 1.80. The zero-order valence-corrected chi connectivity index (χ0v) is 18.4. The zero-order valence-electron chi connectivity index (χ0n) is 18.4. The molecule has 0 saturated carbocycles. The number of carbonyl (C=O) groups excluding carboxylic acids is 1. The normalized spacial score (nSPS) is 14.4. The van der Waals surface area contributed by atoms with Gasteiger partial charge in [0.05, 0.1) is 18.7 Å². The van der Waals surface area contributed by atoms with Crippen molar-refractivity contribution in [3.8, 4) is 11.4 Å². The topological polar surface area (TPSA) is 87.4 Å². The minimum Gasteiger partial charge on any atom is -0.480 e. The van der Waals surface area contributed by atoms with Crippen LogP contribution in [0.15, 0.2) is 35.1 Å². The maximum atomic E-state index is 15.1. The van der Waals surface area contributed by atoms with Gasteiger partial charge in [-0.05, 0) is 32.0 Å². The van der Waals surface area contributed by atoms with Crippen molar-refractivity contribution in [1.82, 2.24) is 14.3 Å². The van der Waals surface area contributed by atoms with Gasteiger partial charge in [-0.2, -0.15) is 17.9 Å². The number of amides is 1. The molecule has 0 fully saturated rings. The van der Waals surface area contributed by atoms with Crippen molar-refractivity contribution in [3.63, 3.8) is 0 Å². The Morgan fingerprint density at radius 2 is 1.97 bits per heavy atom. The van der Waals surface area contributed by atoms with Gasteiger partial charge in [0, 0.05) is 17.3 Å². The van der Waals surface area contributed by atoms with E-state index in [0.29, 0.717) is 17.7 Å². The first-order chi connectivity index (χ1) is 16.5. The number of hydrogen-bond donors (Lipinski definition) is 1. The van der Waals surface area contributed by atoms with Crippen LogP contribution in [-0.2, 0) is 17.9 Å². The van der Waals surface area contributed by atoms with E-state index in [1.165, 1.54) is 23.6 Å². The molecule has 1 aromatic heterocycles. The molecule has 4 rings (SSSR count). The molecular weight excluding hydrogens is 479 g/mol. The number of nitrogens with one attached hydrogen (secondary N) is 1. The number of nitrogens with zero attached hydrogens (tertiary/aromatic N) is 3. The summed E-state index contributed by atoms with van der Waals surface area (Å²) in [5.41, 5.74) is -1.73. The minimum absolute atomic E-state index is 0.00814. The number of halogens is 5. The molecule has 1 aliphatic rings. The van der Waals surface area contributed by atoms with Gasteiger partial charge in [-0.15, -0.1) is 5.10 Å². The summed E-state index contributed by atoms with van der Waals surface area (Å²) >= 11 is 0. The maximum absolute atomic E-state index is 15.1. The Morgan fingerprint density at radius 1 is 1.23 bits per heavy atom. The number of anilines is 1. The smallest absolute Gasteiger partial charge is 0.425 e. The van der Waals surface area contributed by atoms with E-state index in [0.717, 1.165) is 12.1 Å². The SMILES string of the molecule is Cc1c(F)cccc1NC(=O)c1cc(F)c(-n2nc3n(c2=O)CCOC3)cc1O[C@@H](C)C(F)(F)F. The van der Waals surface area contributed by atoms with Gasteiger partial charge in [-0.3, -0.25) is 9.36 Å². The van der Waals surface area contributed by atoms with Crippen molar-refractivity contribution in [2.75, 3.05) is 11.9 Å². The Labute approximate surface area is 194 Å². The van der Waals surface area contributed by atoms with Crippen LogP contribution in [0, 0.1) is 18.6 Å². The van der Waals surface area contributed by atoms with E-state index in [2.05, 4.69) is 10.4 Å². The van der Waals surface area contributed by atoms with Crippen molar-refractivity contribution < 1.29 is 36.2 Å². The molecule has 3 aromatic rings. The van der Waals surface area contributed by atoms with E-state index >= 15 is 4.39 Å². The quantitative estimate of drug-likeness (QED) is 0.542. The number of fused-ring (bicyclic) bond motifs is 1. The monoisotopic (exact) mass is 498 g/mol. The van der Waals surface area contributed by atoms with Gasteiger partial charge in [-0.25, -0.2) is 13.6 Å². The largest absolute Gasteiger partial charge is 0.480 e. The van der Waals surface area contributed by atoms with Gasteiger partial charge in [0.1, 0.15) is 29.7 Å². The molecule has 2 heterocycles. The van der Waals surface area contributed by atoms with Crippen LogP contribution in [0.3, 0.4) is 0 Å². The van der Waals surface area contributed by atoms with Gasteiger partial charge >= 0.3 is 11.9 Å². The number of alkyl halides is 3. The number of ether oxygens (including phenoxy) is 2. The molecule has 0 bridgehead atoms. The van der Waals surface area contributed by atoms with E-state index in [1.54, 1.807) is 0 Å². The first kappa shape index (κ1) is 24.4. The lowest BCUT2D eigenvalue weighted by Gasteiger charge is -2.20. The van der Waals surface area contributed by atoms with Gasteiger partial charge in [0.2, 0.25) is 0 Å². The molecule has 1 amide bonds. The van der Waals surface area contributed by atoms with Crippen LogP contribution >= 0.6 is 0 Å². The lowest BCUT2D eigenvalue weighted by molar-refractivity contribution is -0.189. The highest BCUT2D eigenvalue weighted by molar-refractivity contribution is 6.06. The maximum Gasteiger partial charge on any atom is 0.425 e. The second kappa shape index (κ2) is 9.13. The number of hydrogen-bond acceptors (Lipinski definition) is 5. The van der Waals surface area contributed by atoms with E-state index in [1.807, 2.05) is 0 Å². The Hall–Kier alpha value is -3.74. The summed E-state index contributed by atoms with van der Waals surface area (Å²) in [5.74, 6) is -3.23. The van der Waals surface area contributed by atoms with Crippen LogP contribution in [0.4, 0.5) is 27.6 Å². The lowest BCUT2D eigenvalue weighted by Crippen LogP contribution is -2.32. The van der Waals surface area contributed by atoms with Crippen molar-refractivity contribution in [3.05, 3.63) is 69.4 Å². The molecule has 35 heavy (non-hydrogen) atoms. The third kappa shape index (κ3) is 4.76. The molecule has 1 aliphatic heterocycles. The van der Waals surface area contributed by atoms with Crippen LogP contribution in [0.5, 0.6) is 5.75 Å². The average molecular weight is 498 g/mol. The molecule has 13 heteroatoms. The second-order valence-corrected chi connectivity index (χ2v) is 7.78. The van der Waals surface area contributed by atoms with Gasteiger partial charge in [-0.1, -0.05) is 6.07 Å². The third-order valence-electron chi connectivity index (χ3n) is 5.43. The Kier molecular flexibility index (Phi) is 6.36. The highest BCUT2D eigenvalue weighted by atomic mass is 19.4. The van der Waals surface area contributed by atoms with Crippen LogP contribution < -0.4 is 15.7 Å². The van der Waals surface area contributed by atoms with E-state index < -0.39 is 52.5 Å². The molecule has 1 N–H and O–H groups in total. The summed E-state index contributed by atoms with van der Waals surface area (Å²) in [4.78, 5) is 25.6. The van der Waals surface area contributed by atoms with Crippen molar-refractivity contribution in [1.29, 1.82) is 0 Å². The molecule has 0 aliphatic carbocycles. The summed E-state index contributed by atoms with van der Waals surface area (Å²) in [6.45, 7) is 2.48. The van der Waals surface area contributed by atoms with Gasteiger partial charge < -0.3 is 14.8 Å². The molecule has 186 valence electrons. The minimum atomic E-state index is -4.80. The number of aromatic nitrogens is 3. The zero-order chi connectivity index (χ0) is 25.5. The first-order valence-corrected chi connectivity index (χ1v) is 10.4. The van der Waals surface area contributed by atoms with Crippen LogP contribution in [-0.4, -0.2) is 39.1 Å².